The predicted molar refractivity (Wildman–Crippen MR) is 84.5 cm³/mol. The quantitative estimate of drug-likeness (QED) is 0.791. The van der Waals surface area contributed by atoms with Gasteiger partial charge in [0.1, 0.15) is 0 Å². The van der Waals surface area contributed by atoms with Crippen LogP contribution < -0.4 is 5.32 Å². The highest BCUT2D eigenvalue weighted by molar-refractivity contribution is 7.89. The first-order valence-corrected chi connectivity index (χ1v) is 8.66. The number of carbonyl (C=O) groups excluding carboxylic acids is 1. The number of amides is 1. The van der Waals surface area contributed by atoms with Crippen molar-refractivity contribution < 1.29 is 23.1 Å². The molecule has 8 heteroatoms. The average Bonchev–Trinajstić information content (AvgIpc) is 2.54. The maximum absolute atomic E-state index is 12.5. The zero-order valence-corrected chi connectivity index (χ0v) is 13.3. The summed E-state index contributed by atoms with van der Waals surface area (Å²) in [6.45, 7) is 1.06. The van der Waals surface area contributed by atoms with Crippen LogP contribution in [0.15, 0.2) is 41.3 Å². The molecular weight excluding hydrogens is 320 g/mol. The SMILES string of the molecule is O=C(O)/C=C\C(=O)Nc1ccc(S(=O)(=O)N2CCCCC2)cc1. The molecule has 1 aliphatic heterocycles. The van der Waals surface area contributed by atoms with E-state index >= 15 is 0 Å². The fourth-order valence-corrected chi connectivity index (χ4v) is 3.81. The van der Waals surface area contributed by atoms with Crippen molar-refractivity contribution in [3.8, 4) is 0 Å². The lowest BCUT2D eigenvalue weighted by molar-refractivity contribution is -0.131. The average molecular weight is 338 g/mol. The van der Waals surface area contributed by atoms with E-state index in [9.17, 15) is 18.0 Å². The monoisotopic (exact) mass is 338 g/mol. The van der Waals surface area contributed by atoms with E-state index in [1.165, 1.54) is 28.6 Å². The molecule has 0 radical (unpaired) electrons. The molecule has 0 bridgehead atoms. The van der Waals surface area contributed by atoms with Gasteiger partial charge in [-0.15, -0.1) is 0 Å². The van der Waals surface area contributed by atoms with Gasteiger partial charge in [0.25, 0.3) is 0 Å². The highest BCUT2D eigenvalue weighted by Crippen LogP contribution is 2.21. The van der Waals surface area contributed by atoms with Crippen molar-refractivity contribution in [2.45, 2.75) is 24.2 Å². The van der Waals surface area contributed by atoms with E-state index in [2.05, 4.69) is 5.32 Å². The summed E-state index contributed by atoms with van der Waals surface area (Å²) >= 11 is 0. The summed E-state index contributed by atoms with van der Waals surface area (Å²) in [4.78, 5) is 22.0. The molecule has 23 heavy (non-hydrogen) atoms. The molecule has 1 aromatic rings. The number of hydrogen-bond acceptors (Lipinski definition) is 4. The van der Waals surface area contributed by atoms with Crippen LogP contribution in [0.5, 0.6) is 0 Å². The second kappa shape index (κ2) is 7.38. The van der Waals surface area contributed by atoms with Gasteiger partial charge in [0.05, 0.1) is 4.90 Å². The first-order valence-electron chi connectivity index (χ1n) is 7.22. The molecule has 0 saturated carbocycles. The lowest BCUT2D eigenvalue weighted by Crippen LogP contribution is -2.35. The summed E-state index contributed by atoms with van der Waals surface area (Å²) in [5.41, 5.74) is 0.391. The summed E-state index contributed by atoms with van der Waals surface area (Å²) in [7, 11) is -3.50. The lowest BCUT2D eigenvalue weighted by atomic mass is 10.2. The molecule has 0 spiro atoms. The second-order valence-electron chi connectivity index (χ2n) is 5.15. The fourth-order valence-electron chi connectivity index (χ4n) is 2.30. The van der Waals surface area contributed by atoms with Gasteiger partial charge in [-0.2, -0.15) is 4.31 Å². The molecule has 7 nitrogen and oxygen atoms in total. The highest BCUT2D eigenvalue weighted by Gasteiger charge is 2.25. The molecular formula is C15H18N2O5S. The molecule has 1 saturated heterocycles. The molecule has 1 aliphatic rings. The minimum atomic E-state index is -3.50. The number of benzene rings is 1. The normalized spacial score (nSPS) is 16.3. The molecule has 1 aromatic carbocycles. The van der Waals surface area contributed by atoms with Crippen molar-refractivity contribution in [1.82, 2.24) is 4.31 Å². The number of nitrogens with zero attached hydrogens (tertiary/aromatic N) is 1. The van der Waals surface area contributed by atoms with Gasteiger partial charge in [-0.3, -0.25) is 4.79 Å². The van der Waals surface area contributed by atoms with Gasteiger partial charge < -0.3 is 10.4 Å². The standard InChI is InChI=1S/C15H18N2O5S/c18-14(8-9-15(19)20)16-12-4-6-13(7-5-12)23(21,22)17-10-2-1-3-11-17/h4-9H,1-3,10-11H2,(H,16,18)(H,19,20)/b9-8-. The largest absolute Gasteiger partial charge is 0.478 e. The topological polar surface area (TPSA) is 104 Å². The molecule has 124 valence electrons. The minimum absolute atomic E-state index is 0.179. The van der Waals surface area contributed by atoms with Gasteiger partial charge >= 0.3 is 5.97 Å². The van der Waals surface area contributed by atoms with Crippen LogP contribution in [0.2, 0.25) is 0 Å². The Hall–Kier alpha value is -2.19. The van der Waals surface area contributed by atoms with Crippen LogP contribution in [-0.4, -0.2) is 42.8 Å². The Morgan fingerprint density at radius 2 is 1.65 bits per heavy atom. The number of rotatable bonds is 5. The highest BCUT2D eigenvalue weighted by atomic mass is 32.2. The van der Waals surface area contributed by atoms with Crippen molar-refractivity contribution >= 4 is 27.6 Å². The van der Waals surface area contributed by atoms with Gasteiger partial charge in [0, 0.05) is 30.9 Å². The Labute approximate surface area is 134 Å². The van der Waals surface area contributed by atoms with E-state index in [4.69, 9.17) is 5.11 Å². The van der Waals surface area contributed by atoms with Crippen LogP contribution >= 0.6 is 0 Å². The molecule has 0 aromatic heterocycles. The molecule has 0 aliphatic carbocycles. The van der Waals surface area contributed by atoms with Crippen LogP contribution in [0.4, 0.5) is 5.69 Å². The summed E-state index contributed by atoms with van der Waals surface area (Å²) in [6, 6.07) is 5.81. The van der Waals surface area contributed by atoms with E-state index in [0.717, 1.165) is 31.4 Å². The molecule has 2 rings (SSSR count). The third kappa shape index (κ3) is 4.64. The second-order valence-corrected chi connectivity index (χ2v) is 7.09. The van der Waals surface area contributed by atoms with Crippen LogP contribution in [0.1, 0.15) is 19.3 Å². The summed E-state index contributed by atoms with van der Waals surface area (Å²) < 4.78 is 26.4. The summed E-state index contributed by atoms with van der Waals surface area (Å²) in [5.74, 6) is -1.82. The molecule has 1 heterocycles. The van der Waals surface area contributed by atoms with Crippen molar-refractivity contribution in [3.63, 3.8) is 0 Å². The Morgan fingerprint density at radius 3 is 2.22 bits per heavy atom. The Bertz CT molecular complexity index is 704. The van der Waals surface area contributed by atoms with Crippen LogP contribution in [0.3, 0.4) is 0 Å². The van der Waals surface area contributed by atoms with Crippen LogP contribution in [-0.2, 0) is 19.6 Å². The zero-order chi connectivity index (χ0) is 16.9. The summed E-state index contributed by atoms with van der Waals surface area (Å²) in [6.07, 6.45) is 4.39. The van der Waals surface area contributed by atoms with Crippen molar-refractivity contribution in [2.75, 3.05) is 18.4 Å². The number of piperidine rings is 1. The first-order chi connectivity index (χ1) is 10.9. The predicted octanol–water partition coefficient (Wildman–Crippen LogP) is 1.44. The van der Waals surface area contributed by atoms with Crippen LogP contribution in [0.25, 0.3) is 0 Å². The number of sulfonamides is 1. The van der Waals surface area contributed by atoms with E-state index in [-0.39, 0.29) is 4.90 Å². The molecule has 1 amide bonds. The van der Waals surface area contributed by atoms with Gasteiger partial charge in [-0.25, -0.2) is 13.2 Å². The molecule has 1 fully saturated rings. The molecule has 0 atom stereocenters. The Kier molecular flexibility index (Phi) is 5.51. The Balaban J connectivity index is 2.07. The lowest BCUT2D eigenvalue weighted by Gasteiger charge is -2.25. The van der Waals surface area contributed by atoms with Gasteiger partial charge in [-0.05, 0) is 37.1 Å². The van der Waals surface area contributed by atoms with Gasteiger partial charge in [-0.1, -0.05) is 6.42 Å². The van der Waals surface area contributed by atoms with Crippen molar-refractivity contribution in [3.05, 3.63) is 36.4 Å². The maximum atomic E-state index is 12.5. The summed E-state index contributed by atoms with van der Waals surface area (Å²) in [5, 5.41) is 10.9. The Morgan fingerprint density at radius 1 is 1.04 bits per heavy atom. The number of carboxylic acid groups (broad SMARTS) is 1. The van der Waals surface area contributed by atoms with E-state index < -0.39 is 21.9 Å². The number of carboxylic acids is 1. The van der Waals surface area contributed by atoms with E-state index in [0.29, 0.717) is 18.8 Å². The zero-order valence-electron chi connectivity index (χ0n) is 12.4. The number of nitrogens with one attached hydrogen (secondary N) is 1. The van der Waals surface area contributed by atoms with Crippen molar-refractivity contribution in [1.29, 1.82) is 0 Å². The third-order valence-corrected chi connectivity index (χ3v) is 5.36. The molecule has 0 unspecified atom stereocenters. The van der Waals surface area contributed by atoms with E-state index in [1.54, 1.807) is 0 Å². The van der Waals surface area contributed by atoms with Crippen LogP contribution in [0, 0.1) is 0 Å². The third-order valence-electron chi connectivity index (χ3n) is 3.45. The van der Waals surface area contributed by atoms with E-state index in [1.807, 2.05) is 0 Å². The first kappa shape index (κ1) is 17.2. The minimum Gasteiger partial charge on any atom is -0.478 e. The number of aliphatic carboxylic acids is 1. The maximum Gasteiger partial charge on any atom is 0.328 e. The van der Waals surface area contributed by atoms with Crippen molar-refractivity contribution in [2.24, 2.45) is 0 Å². The smallest absolute Gasteiger partial charge is 0.328 e. The number of carbonyl (C=O) groups is 2. The fraction of sp³-hybridized carbons (Fsp3) is 0.333. The number of anilines is 1. The number of hydrogen-bond donors (Lipinski definition) is 2. The molecule has 2 N–H and O–H groups in total. The van der Waals surface area contributed by atoms with Gasteiger partial charge in [0.2, 0.25) is 15.9 Å². The van der Waals surface area contributed by atoms with Gasteiger partial charge in [0.15, 0.2) is 0 Å².